The lowest BCUT2D eigenvalue weighted by molar-refractivity contribution is 0.722. The molecule has 1 N–H and O–H groups in total. The van der Waals surface area contributed by atoms with Gasteiger partial charge in [0.05, 0.1) is 5.92 Å². The fourth-order valence-corrected chi connectivity index (χ4v) is 2.24. The van der Waals surface area contributed by atoms with Crippen LogP contribution in [0.15, 0.2) is 24.3 Å². The van der Waals surface area contributed by atoms with Crippen LogP contribution in [0.5, 0.6) is 0 Å². The molecule has 2 aromatic rings. The lowest BCUT2D eigenvalue weighted by Crippen LogP contribution is -2.10. The molecule has 3 rings (SSSR count). The zero-order valence-electron chi connectivity index (χ0n) is 9.44. The molecule has 4 nitrogen and oxygen atoms in total. The van der Waals surface area contributed by atoms with Crippen LogP contribution in [0.2, 0.25) is 0 Å². The third-order valence-corrected chi connectivity index (χ3v) is 3.27. The summed E-state index contributed by atoms with van der Waals surface area (Å²) in [6, 6.07) is 8.39. The van der Waals surface area contributed by atoms with E-state index in [-0.39, 0.29) is 0 Å². The second kappa shape index (κ2) is 3.33. The number of nitrogens with one attached hydrogen (secondary N) is 1. The smallest absolute Gasteiger partial charge is 0.142 e. The molecule has 1 aromatic heterocycles. The number of para-hydroxylation sites is 1. The van der Waals surface area contributed by atoms with E-state index in [1.54, 1.807) is 0 Å². The van der Waals surface area contributed by atoms with Crippen molar-refractivity contribution in [2.45, 2.75) is 12.8 Å². The third kappa shape index (κ3) is 1.23. The number of rotatable bonds is 1. The van der Waals surface area contributed by atoms with Crippen molar-refractivity contribution in [3.05, 3.63) is 41.5 Å². The highest BCUT2D eigenvalue weighted by molar-refractivity contribution is 5.59. The minimum Gasteiger partial charge on any atom is -0.384 e. The summed E-state index contributed by atoms with van der Waals surface area (Å²) in [6.45, 7) is 2.89. The summed E-state index contributed by atoms with van der Waals surface area (Å²) in [5.74, 6) is 2.32. The quantitative estimate of drug-likeness (QED) is 0.785. The van der Waals surface area contributed by atoms with Crippen molar-refractivity contribution >= 4 is 5.69 Å². The van der Waals surface area contributed by atoms with Crippen LogP contribution < -0.4 is 5.32 Å². The van der Waals surface area contributed by atoms with Gasteiger partial charge in [0.25, 0.3) is 0 Å². The van der Waals surface area contributed by atoms with Crippen LogP contribution >= 0.6 is 0 Å². The summed E-state index contributed by atoms with van der Waals surface area (Å²) in [4.78, 5) is 0. The van der Waals surface area contributed by atoms with Crippen LogP contribution in [0.1, 0.15) is 23.1 Å². The second-order valence-electron chi connectivity index (χ2n) is 4.19. The van der Waals surface area contributed by atoms with Gasteiger partial charge in [-0.3, -0.25) is 0 Å². The van der Waals surface area contributed by atoms with Crippen molar-refractivity contribution in [3.8, 4) is 0 Å². The normalized spacial score (nSPS) is 18.2. The molecular formula is C12H14N4. The molecule has 0 aliphatic carbocycles. The van der Waals surface area contributed by atoms with Crippen molar-refractivity contribution < 1.29 is 0 Å². The van der Waals surface area contributed by atoms with Gasteiger partial charge in [0.15, 0.2) is 0 Å². The van der Waals surface area contributed by atoms with E-state index >= 15 is 0 Å². The van der Waals surface area contributed by atoms with Gasteiger partial charge in [-0.1, -0.05) is 18.2 Å². The van der Waals surface area contributed by atoms with Crippen molar-refractivity contribution in [1.29, 1.82) is 0 Å². The fraction of sp³-hybridized carbons (Fsp3) is 0.333. The molecule has 0 fully saturated rings. The second-order valence-corrected chi connectivity index (χ2v) is 4.19. The first-order chi connectivity index (χ1) is 7.77. The maximum atomic E-state index is 4.27. The Bertz CT molecular complexity index is 530. The van der Waals surface area contributed by atoms with Crippen molar-refractivity contribution in [1.82, 2.24) is 14.8 Å². The predicted molar refractivity (Wildman–Crippen MR) is 62.5 cm³/mol. The zero-order chi connectivity index (χ0) is 11.1. The van der Waals surface area contributed by atoms with Crippen molar-refractivity contribution in [2.75, 3.05) is 11.9 Å². The molecule has 0 saturated carbocycles. The minimum atomic E-state index is 0.322. The lowest BCUT2D eigenvalue weighted by Gasteiger charge is -2.09. The van der Waals surface area contributed by atoms with Gasteiger partial charge in [0.1, 0.15) is 11.6 Å². The number of aryl methyl sites for hydroxylation is 1. The molecular weight excluding hydrogens is 200 g/mol. The molecule has 0 spiro atoms. The lowest BCUT2D eigenvalue weighted by atomic mass is 10.0. The van der Waals surface area contributed by atoms with Crippen molar-refractivity contribution in [3.63, 3.8) is 0 Å². The van der Waals surface area contributed by atoms with Crippen LogP contribution in [0.4, 0.5) is 5.69 Å². The van der Waals surface area contributed by atoms with Crippen LogP contribution in [0, 0.1) is 6.92 Å². The van der Waals surface area contributed by atoms with E-state index in [1.165, 1.54) is 11.3 Å². The third-order valence-electron chi connectivity index (χ3n) is 3.27. The minimum absolute atomic E-state index is 0.322. The molecule has 82 valence electrons. The molecule has 4 heteroatoms. The number of hydrogen-bond acceptors (Lipinski definition) is 3. The number of aromatic nitrogens is 3. The number of benzene rings is 1. The molecule has 16 heavy (non-hydrogen) atoms. The first-order valence-electron chi connectivity index (χ1n) is 5.46. The van der Waals surface area contributed by atoms with Gasteiger partial charge in [0, 0.05) is 19.3 Å². The van der Waals surface area contributed by atoms with Gasteiger partial charge >= 0.3 is 0 Å². The fourth-order valence-electron chi connectivity index (χ4n) is 2.24. The summed E-state index contributed by atoms with van der Waals surface area (Å²) >= 11 is 0. The molecule has 0 bridgehead atoms. The first-order valence-corrected chi connectivity index (χ1v) is 5.46. The molecule has 2 heterocycles. The molecule has 0 radical (unpaired) electrons. The average Bonchev–Trinajstić information content (AvgIpc) is 2.85. The molecule has 0 saturated heterocycles. The molecule has 0 amide bonds. The number of nitrogens with zero attached hydrogens (tertiary/aromatic N) is 3. The number of hydrogen-bond donors (Lipinski definition) is 1. The summed E-state index contributed by atoms with van der Waals surface area (Å²) in [5, 5.41) is 11.8. The van der Waals surface area contributed by atoms with E-state index in [2.05, 4.69) is 44.3 Å². The van der Waals surface area contributed by atoms with Crippen LogP contribution in [-0.2, 0) is 7.05 Å². The molecule has 1 aliphatic heterocycles. The van der Waals surface area contributed by atoms with E-state index in [0.717, 1.165) is 18.2 Å². The van der Waals surface area contributed by atoms with Gasteiger partial charge < -0.3 is 9.88 Å². The Labute approximate surface area is 94.3 Å². The standard InChI is InChI=1S/C12H14N4/c1-8-14-15-12(16(8)2)10-7-13-11-6-4-3-5-9(10)11/h3-6,10,13H,7H2,1-2H3. The average molecular weight is 214 g/mol. The SMILES string of the molecule is Cc1nnc(C2CNc3ccccc32)n1C. The maximum Gasteiger partial charge on any atom is 0.142 e. The van der Waals surface area contributed by atoms with Crippen molar-refractivity contribution in [2.24, 2.45) is 7.05 Å². The van der Waals surface area contributed by atoms with E-state index < -0.39 is 0 Å². The Kier molecular flexibility index (Phi) is 1.96. The van der Waals surface area contributed by atoms with E-state index in [4.69, 9.17) is 0 Å². The van der Waals surface area contributed by atoms with Crippen LogP contribution in [-0.4, -0.2) is 21.3 Å². The van der Waals surface area contributed by atoms with Crippen LogP contribution in [0.3, 0.4) is 0 Å². The summed E-state index contributed by atoms with van der Waals surface area (Å²) in [7, 11) is 2.02. The highest BCUT2D eigenvalue weighted by atomic mass is 15.3. The predicted octanol–water partition coefficient (Wildman–Crippen LogP) is 1.68. The Morgan fingerprint density at radius 3 is 2.88 bits per heavy atom. The zero-order valence-corrected chi connectivity index (χ0v) is 9.44. The van der Waals surface area contributed by atoms with Gasteiger partial charge in [-0.25, -0.2) is 0 Å². The topological polar surface area (TPSA) is 42.7 Å². The van der Waals surface area contributed by atoms with Gasteiger partial charge in [-0.2, -0.15) is 0 Å². The summed E-state index contributed by atoms with van der Waals surface area (Å²) in [5.41, 5.74) is 2.53. The van der Waals surface area contributed by atoms with Gasteiger partial charge in [-0.05, 0) is 18.6 Å². The Morgan fingerprint density at radius 2 is 2.12 bits per heavy atom. The number of anilines is 1. The Hall–Kier alpha value is -1.84. The largest absolute Gasteiger partial charge is 0.384 e. The van der Waals surface area contributed by atoms with Crippen LogP contribution in [0.25, 0.3) is 0 Å². The summed E-state index contributed by atoms with van der Waals surface area (Å²) in [6.07, 6.45) is 0. The molecule has 1 atom stereocenters. The highest BCUT2D eigenvalue weighted by Gasteiger charge is 2.27. The molecule has 1 aromatic carbocycles. The highest BCUT2D eigenvalue weighted by Crippen LogP contribution is 2.34. The van der Waals surface area contributed by atoms with E-state index in [1.807, 2.05) is 14.0 Å². The van der Waals surface area contributed by atoms with Gasteiger partial charge in [-0.15, -0.1) is 10.2 Å². The Morgan fingerprint density at radius 1 is 1.31 bits per heavy atom. The summed E-state index contributed by atoms with van der Waals surface area (Å²) < 4.78 is 2.06. The van der Waals surface area contributed by atoms with E-state index in [0.29, 0.717) is 5.92 Å². The van der Waals surface area contributed by atoms with Gasteiger partial charge in [0.2, 0.25) is 0 Å². The van der Waals surface area contributed by atoms with E-state index in [9.17, 15) is 0 Å². The Balaban J connectivity index is 2.08. The molecule has 1 aliphatic rings. The number of fused-ring (bicyclic) bond motifs is 1. The first kappa shape index (κ1) is 9.39. The molecule has 1 unspecified atom stereocenters. The monoisotopic (exact) mass is 214 g/mol. The maximum absolute atomic E-state index is 4.27.